The number of rotatable bonds is 3. The molecule has 0 radical (unpaired) electrons. The summed E-state index contributed by atoms with van der Waals surface area (Å²) < 4.78 is 0. The van der Waals surface area contributed by atoms with E-state index >= 15 is 0 Å². The van der Waals surface area contributed by atoms with Gasteiger partial charge in [0, 0.05) is 10.6 Å². The first-order chi connectivity index (χ1) is 6.83. The van der Waals surface area contributed by atoms with Crippen LogP contribution in [-0.4, -0.2) is 19.3 Å². The molecule has 0 aliphatic carbocycles. The molecule has 0 saturated heterocycles. The van der Waals surface area contributed by atoms with Crippen LogP contribution in [0.2, 0.25) is 0 Å². The summed E-state index contributed by atoms with van der Waals surface area (Å²) in [6.07, 6.45) is 1.15. The van der Waals surface area contributed by atoms with Crippen molar-refractivity contribution in [2.24, 2.45) is 0 Å². The van der Waals surface area contributed by atoms with E-state index < -0.39 is 0 Å². The van der Waals surface area contributed by atoms with Crippen LogP contribution in [0.15, 0.2) is 23.1 Å². The maximum absolute atomic E-state index is 3.21. The average Bonchev–Trinajstić information content (AvgIpc) is 2.58. The van der Waals surface area contributed by atoms with E-state index in [1.54, 1.807) is 10.5 Å². The highest BCUT2D eigenvalue weighted by atomic mass is 32.2. The zero-order valence-corrected chi connectivity index (χ0v) is 9.66. The van der Waals surface area contributed by atoms with Gasteiger partial charge in [-0.2, -0.15) is 0 Å². The van der Waals surface area contributed by atoms with Crippen molar-refractivity contribution in [3.8, 4) is 0 Å². The monoisotopic (exact) mass is 207 g/mol. The Morgan fingerprint density at radius 3 is 3.14 bits per heavy atom. The Morgan fingerprint density at radius 2 is 2.36 bits per heavy atom. The van der Waals surface area contributed by atoms with Gasteiger partial charge in [-0.15, -0.1) is 11.8 Å². The zero-order valence-electron chi connectivity index (χ0n) is 8.84. The largest absolute Gasteiger partial charge is 0.319 e. The van der Waals surface area contributed by atoms with Crippen molar-refractivity contribution in [1.82, 2.24) is 5.32 Å². The van der Waals surface area contributed by atoms with Gasteiger partial charge in [-0.25, -0.2) is 0 Å². The molecule has 1 heterocycles. The number of fused-ring (bicyclic) bond motifs is 1. The topological polar surface area (TPSA) is 12.0 Å². The molecule has 1 nitrogen and oxygen atoms in total. The third-order valence-electron chi connectivity index (χ3n) is 2.78. The summed E-state index contributed by atoms with van der Waals surface area (Å²) in [6.45, 7) is 3.39. The molecule has 14 heavy (non-hydrogen) atoms. The molecule has 2 heteroatoms. The van der Waals surface area contributed by atoms with Gasteiger partial charge in [0.2, 0.25) is 0 Å². The minimum absolute atomic E-state index is 0.740. The second kappa shape index (κ2) is 4.37. The van der Waals surface area contributed by atoms with Gasteiger partial charge in [-0.1, -0.05) is 25.1 Å². The number of likely N-dealkylation sites (N-methyl/N-ethyl adjacent to an activating group) is 1. The number of nitrogens with one attached hydrogen (secondary N) is 1. The highest BCUT2D eigenvalue weighted by molar-refractivity contribution is 7.99. The van der Waals surface area contributed by atoms with Gasteiger partial charge in [0.1, 0.15) is 0 Å². The molecular formula is C12H17NS. The Kier molecular flexibility index (Phi) is 3.14. The minimum Gasteiger partial charge on any atom is -0.319 e. The van der Waals surface area contributed by atoms with Crippen molar-refractivity contribution in [3.63, 3.8) is 0 Å². The summed E-state index contributed by atoms with van der Waals surface area (Å²) >= 11 is 2.03. The van der Waals surface area contributed by atoms with Gasteiger partial charge in [0.15, 0.2) is 0 Å². The van der Waals surface area contributed by atoms with E-state index in [-0.39, 0.29) is 0 Å². The number of thioether (sulfide) groups is 1. The molecule has 1 atom stereocenters. The normalized spacial score (nSPS) is 19.7. The zero-order chi connectivity index (χ0) is 9.97. The van der Waals surface area contributed by atoms with E-state index in [9.17, 15) is 0 Å². The highest BCUT2D eigenvalue weighted by Gasteiger charge is 2.20. The molecule has 1 N–H and O–H groups in total. The quantitative estimate of drug-likeness (QED) is 0.818. The maximum Gasteiger partial charge on any atom is 0.0140 e. The van der Waals surface area contributed by atoms with Crippen LogP contribution in [0.5, 0.6) is 0 Å². The average molecular weight is 207 g/mol. The predicted octanol–water partition coefficient (Wildman–Crippen LogP) is 2.66. The third kappa shape index (κ3) is 1.82. The summed E-state index contributed by atoms with van der Waals surface area (Å²) in [7, 11) is 2.01. The fourth-order valence-electron chi connectivity index (χ4n) is 1.92. The lowest BCUT2D eigenvalue weighted by atomic mass is 10.00. The molecular weight excluding hydrogens is 190 g/mol. The lowest BCUT2D eigenvalue weighted by molar-refractivity contribution is 0.778. The molecule has 0 bridgehead atoms. The Morgan fingerprint density at radius 1 is 1.50 bits per heavy atom. The lowest BCUT2D eigenvalue weighted by Crippen LogP contribution is -2.10. The van der Waals surface area contributed by atoms with Crippen LogP contribution >= 0.6 is 11.8 Å². The van der Waals surface area contributed by atoms with E-state index in [4.69, 9.17) is 0 Å². The smallest absolute Gasteiger partial charge is 0.0140 e. The van der Waals surface area contributed by atoms with Crippen LogP contribution in [0.4, 0.5) is 0 Å². The maximum atomic E-state index is 3.21. The van der Waals surface area contributed by atoms with E-state index in [1.807, 2.05) is 18.8 Å². The van der Waals surface area contributed by atoms with Crippen LogP contribution < -0.4 is 5.32 Å². The first kappa shape index (κ1) is 10.1. The molecule has 0 saturated carbocycles. The van der Waals surface area contributed by atoms with Crippen molar-refractivity contribution in [2.75, 3.05) is 19.3 Å². The molecule has 1 aromatic carbocycles. The molecule has 1 unspecified atom stereocenters. The van der Waals surface area contributed by atoms with Crippen LogP contribution in [0.25, 0.3) is 0 Å². The van der Waals surface area contributed by atoms with Crippen LogP contribution in [0.1, 0.15) is 24.0 Å². The van der Waals surface area contributed by atoms with E-state index in [2.05, 4.69) is 30.4 Å². The molecule has 2 rings (SSSR count). The molecule has 1 aliphatic heterocycles. The minimum atomic E-state index is 0.740. The van der Waals surface area contributed by atoms with E-state index in [0.29, 0.717) is 0 Å². The van der Waals surface area contributed by atoms with Gasteiger partial charge in [-0.3, -0.25) is 0 Å². The van der Waals surface area contributed by atoms with Crippen molar-refractivity contribution in [1.29, 1.82) is 0 Å². The summed E-state index contributed by atoms with van der Waals surface area (Å²) in [5, 5.41) is 3.21. The molecule has 1 aliphatic rings. The summed E-state index contributed by atoms with van der Waals surface area (Å²) in [5.74, 6) is 2.00. The van der Waals surface area contributed by atoms with Crippen molar-refractivity contribution in [3.05, 3.63) is 29.3 Å². The Labute approximate surface area is 90.3 Å². The van der Waals surface area contributed by atoms with Gasteiger partial charge in [-0.05, 0) is 37.1 Å². The Balaban J connectivity index is 2.25. The standard InChI is InChI=1S/C12H17NS/c1-9-8-14-12-10(6-7-13-2)4-3-5-11(9)12/h3-5,9,13H,6-8H2,1-2H3. The van der Waals surface area contributed by atoms with E-state index in [0.717, 1.165) is 18.9 Å². The molecule has 0 spiro atoms. The van der Waals surface area contributed by atoms with Crippen LogP contribution in [-0.2, 0) is 6.42 Å². The third-order valence-corrected chi connectivity index (χ3v) is 4.23. The fourth-order valence-corrected chi connectivity index (χ4v) is 3.31. The molecule has 0 fully saturated rings. The lowest BCUT2D eigenvalue weighted by Gasteiger charge is -2.08. The summed E-state index contributed by atoms with van der Waals surface area (Å²) in [6, 6.07) is 6.75. The van der Waals surface area contributed by atoms with Crippen molar-refractivity contribution < 1.29 is 0 Å². The second-order valence-corrected chi connectivity index (χ2v) is 4.93. The van der Waals surface area contributed by atoms with E-state index in [1.165, 1.54) is 11.3 Å². The van der Waals surface area contributed by atoms with Crippen molar-refractivity contribution >= 4 is 11.8 Å². The number of hydrogen-bond donors (Lipinski definition) is 1. The Bertz CT molecular complexity index is 322. The first-order valence-corrected chi connectivity index (χ1v) is 6.20. The predicted molar refractivity (Wildman–Crippen MR) is 63.2 cm³/mol. The fraction of sp³-hybridized carbons (Fsp3) is 0.500. The van der Waals surface area contributed by atoms with Crippen LogP contribution in [0, 0.1) is 0 Å². The van der Waals surface area contributed by atoms with Gasteiger partial charge in [0.05, 0.1) is 0 Å². The van der Waals surface area contributed by atoms with Gasteiger partial charge in [0.25, 0.3) is 0 Å². The first-order valence-electron chi connectivity index (χ1n) is 5.22. The van der Waals surface area contributed by atoms with Gasteiger partial charge >= 0.3 is 0 Å². The van der Waals surface area contributed by atoms with Gasteiger partial charge < -0.3 is 5.32 Å². The van der Waals surface area contributed by atoms with Crippen LogP contribution in [0.3, 0.4) is 0 Å². The Hall–Kier alpha value is -0.470. The second-order valence-electron chi connectivity index (χ2n) is 3.90. The summed E-state index contributed by atoms with van der Waals surface area (Å²) in [5.41, 5.74) is 3.08. The molecule has 1 aromatic rings. The molecule has 0 amide bonds. The number of hydrogen-bond acceptors (Lipinski definition) is 2. The van der Waals surface area contributed by atoms with Crippen molar-refractivity contribution in [2.45, 2.75) is 24.2 Å². The number of benzene rings is 1. The summed E-state index contributed by atoms with van der Waals surface area (Å²) in [4.78, 5) is 1.55. The highest BCUT2D eigenvalue weighted by Crippen LogP contribution is 2.41. The SMILES string of the molecule is CNCCc1cccc2c1SCC2C. The molecule has 76 valence electrons. The molecule has 0 aromatic heterocycles.